The molecule has 0 aromatic rings. The predicted molar refractivity (Wildman–Crippen MR) is 76.5 cm³/mol. The Kier molecular flexibility index (Phi) is 4.55. The average Bonchev–Trinajstić information content (AvgIpc) is 2.36. The van der Waals surface area contributed by atoms with Crippen molar-refractivity contribution in [3.05, 3.63) is 0 Å². The van der Waals surface area contributed by atoms with Crippen LogP contribution in [0.2, 0.25) is 0 Å². The van der Waals surface area contributed by atoms with Crippen LogP contribution < -0.4 is 5.32 Å². The minimum atomic E-state index is -0.816. The molecule has 2 aliphatic carbocycles. The number of carboxylic acids is 1. The summed E-state index contributed by atoms with van der Waals surface area (Å²) < 4.78 is 0. The molecule has 2 rings (SSSR count). The molecular formula is C15H26N2O3. The second-order valence-electron chi connectivity index (χ2n) is 6.64. The highest BCUT2D eigenvalue weighted by atomic mass is 16.4. The quantitative estimate of drug-likeness (QED) is 0.832. The first-order chi connectivity index (χ1) is 9.43. The van der Waals surface area contributed by atoms with Crippen molar-refractivity contribution >= 4 is 12.0 Å². The molecule has 0 radical (unpaired) electrons. The Hall–Kier alpha value is -1.26. The lowest BCUT2D eigenvalue weighted by Gasteiger charge is -2.45. The smallest absolute Gasteiger partial charge is 0.317 e. The molecule has 0 aromatic heterocycles. The molecule has 2 N–H and O–H groups in total. The Balaban J connectivity index is 1.99. The number of carbonyl (C=O) groups is 2. The van der Waals surface area contributed by atoms with Gasteiger partial charge in [0.25, 0.3) is 0 Å². The van der Waals surface area contributed by atoms with Gasteiger partial charge in [0.2, 0.25) is 0 Å². The lowest BCUT2D eigenvalue weighted by molar-refractivity contribution is -0.140. The molecule has 0 saturated heterocycles. The van der Waals surface area contributed by atoms with Gasteiger partial charge in [0.15, 0.2) is 0 Å². The fourth-order valence-electron chi connectivity index (χ4n) is 3.63. The van der Waals surface area contributed by atoms with Crippen molar-refractivity contribution in [3.8, 4) is 0 Å². The number of rotatable bonds is 4. The Bertz CT molecular complexity index is 371. The van der Waals surface area contributed by atoms with E-state index in [4.69, 9.17) is 0 Å². The molecule has 0 aliphatic heterocycles. The van der Waals surface area contributed by atoms with E-state index in [1.54, 1.807) is 11.9 Å². The van der Waals surface area contributed by atoms with Gasteiger partial charge < -0.3 is 15.3 Å². The first-order valence-electron chi connectivity index (χ1n) is 7.69. The molecule has 0 heterocycles. The monoisotopic (exact) mass is 282 g/mol. The summed E-state index contributed by atoms with van der Waals surface area (Å²) in [4.78, 5) is 25.2. The third-order valence-corrected chi connectivity index (χ3v) is 4.98. The van der Waals surface area contributed by atoms with E-state index in [9.17, 15) is 14.7 Å². The molecule has 0 aromatic carbocycles. The molecule has 114 valence electrons. The van der Waals surface area contributed by atoms with Crippen molar-refractivity contribution in [2.24, 2.45) is 5.92 Å². The molecule has 0 spiro atoms. The van der Waals surface area contributed by atoms with Crippen LogP contribution in [0.5, 0.6) is 0 Å². The second-order valence-corrected chi connectivity index (χ2v) is 6.64. The van der Waals surface area contributed by atoms with Crippen LogP contribution >= 0.6 is 0 Å². The zero-order chi connectivity index (χ0) is 14.8. The molecular weight excluding hydrogens is 256 g/mol. The predicted octanol–water partition coefficient (Wildman–Crippen LogP) is 2.60. The zero-order valence-corrected chi connectivity index (χ0v) is 12.5. The van der Waals surface area contributed by atoms with Gasteiger partial charge in [-0.2, -0.15) is 0 Å². The summed E-state index contributed by atoms with van der Waals surface area (Å²) in [5, 5.41) is 12.2. The number of hydrogen-bond acceptors (Lipinski definition) is 2. The van der Waals surface area contributed by atoms with E-state index in [1.165, 1.54) is 0 Å². The van der Waals surface area contributed by atoms with Gasteiger partial charge in [-0.3, -0.25) is 4.79 Å². The Morgan fingerprint density at radius 1 is 1.25 bits per heavy atom. The summed E-state index contributed by atoms with van der Waals surface area (Å²) in [6.07, 6.45) is 6.86. The summed E-state index contributed by atoms with van der Waals surface area (Å²) in [5.74, 6) is -0.128. The Morgan fingerprint density at radius 2 is 1.85 bits per heavy atom. The molecule has 20 heavy (non-hydrogen) atoms. The first-order valence-corrected chi connectivity index (χ1v) is 7.69. The molecule has 2 saturated carbocycles. The van der Waals surface area contributed by atoms with Crippen LogP contribution in [0.25, 0.3) is 0 Å². The summed E-state index contributed by atoms with van der Waals surface area (Å²) in [6, 6.07) is 0.162. The van der Waals surface area contributed by atoms with Crippen molar-refractivity contribution in [2.75, 3.05) is 7.05 Å². The van der Waals surface area contributed by atoms with Crippen LogP contribution in [-0.4, -0.2) is 40.6 Å². The molecule has 0 atom stereocenters. The summed E-state index contributed by atoms with van der Waals surface area (Å²) in [5.41, 5.74) is -0.496. The van der Waals surface area contributed by atoms with Crippen molar-refractivity contribution in [2.45, 2.75) is 69.9 Å². The minimum absolute atomic E-state index is 0.0536. The summed E-state index contributed by atoms with van der Waals surface area (Å²) in [6.45, 7) is 2.18. The van der Waals surface area contributed by atoms with Gasteiger partial charge in [-0.15, -0.1) is 0 Å². The second kappa shape index (κ2) is 6.02. The van der Waals surface area contributed by atoms with Crippen LogP contribution in [-0.2, 0) is 4.79 Å². The van der Waals surface area contributed by atoms with Gasteiger partial charge in [-0.05, 0) is 31.6 Å². The summed E-state index contributed by atoms with van der Waals surface area (Å²) in [7, 11) is 1.76. The number of nitrogens with zero attached hydrogens (tertiary/aromatic N) is 1. The largest absolute Gasteiger partial charge is 0.481 e. The maximum Gasteiger partial charge on any atom is 0.317 e. The van der Waals surface area contributed by atoms with Gasteiger partial charge in [0, 0.05) is 13.1 Å². The van der Waals surface area contributed by atoms with Crippen LogP contribution in [0.15, 0.2) is 0 Å². The molecule has 2 fully saturated rings. The number of carbonyl (C=O) groups excluding carboxylic acids is 1. The lowest BCUT2D eigenvalue weighted by Crippen LogP contribution is -2.57. The van der Waals surface area contributed by atoms with E-state index >= 15 is 0 Å². The number of hydrogen-bond donors (Lipinski definition) is 2. The third kappa shape index (κ3) is 3.25. The van der Waals surface area contributed by atoms with E-state index in [0.29, 0.717) is 5.92 Å². The SMILES string of the molecule is CC1CC(NC(=O)N(C)C2(CC(=O)O)CCCCC2)C1. The summed E-state index contributed by atoms with van der Waals surface area (Å²) >= 11 is 0. The van der Waals surface area contributed by atoms with E-state index in [-0.39, 0.29) is 18.5 Å². The molecule has 5 heteroatoms. The van der Waals surface area contributed by atoms with Crippen LogP contribution in [0.4, 0.5) is 4.79 Å². The molecule has 5 nitrogen and oxygen atoms in total. The number of carboxylic acid groups (broad SMARTS) is 1. The highest BCUT2D eigenvalue weighted by Crippen LogP contribution is 2.36. The van der Waals surface area contributed by atoms with Gasteiger partial charge in [-0.25, -0.2) is 4.79 Å². The van der Waals surface area contributed by atoms with E-state index in [0.717, 1.165) is 44.9 Å². The van der Waals surface area contributed by atoms with Crippen molar-refractivity contribution in [1.29, 1.82) is 0 Å². The van der Waals surface area contributed by atoms with E-state index in [2.05, 4.69) is 12.2 Å². The minimum Gasteiger partial charge on any atom is -0.481 e. The normalized spacial score (nSPS) is 28.3. The topological polar surface area (TPSA) is 69.6 Å². The number of amides is 2. The molecule has 0 unspecified atom stereocenters. The van der Waals surface area contributed by atoms with Crippen molar-refractivity contribution in [3.63, 3.8) is 0 Å². The number of urea groups is 1. The molecule has 2 amide bonds. The van der Waals surface area contributed by atoms with Crippen LogP contribution in [0.1, 0.15) is 58.3 Å². The lowest BCUT2D eigenvalue weighted by atomic mass is 9.78. The van der Waals surface area contributed by atoms with Gasteiger partial charge in [-0.1, -0.05) is 26.2 Å². The molecule has 2 aliphatic rings. The Morgan fingerprint density at radius 3 is 2.35 bits per heavy atom. The third-order valence-electron chi connectivity index (χ3n) is 4.98. The van der Waals surface area contributed by atoms with Gasteiger partial charge in [0.1, 0.15) is 0 Å². The standard InChI is InChI=1S/C15H26N2O3/c1-11-8-12(9-11)16-14(20)17(2)15(10-13(18)19)6-4-3-5-7-15/h11-12H,3-10H2,1-2H3,(H,16,20)(H,18,19). The van der Waals surface area contributed by atoms with Crippen molar-refractivity contribution < 1.29 is 14.7 Å². The highest BCUT2D eigenvalue weighted by Gasteiger charge is 2.41. The van der Waals surface area contributed by atoms with Crippen LogP contribution in [0, 0.1) is 5.92 Å². The van der Waals surface area contributed by atoms with Gasteiger partial charge in [0.05, 0.1) is 12.0 Å². The fraction of sp³-hybridized carbons (Fsp3) is 0.867. The average molecular weight is 282 g/mol. The van der Waals surface area contributed by atoms with E-state index in [1.807, 2.05) is 0 Å². The zero-order valence-electron chi connectivity index (χ0n) is 12.5. The maximum absolute atomic E-state index is 12.4. The highest BCUT2D eigenvalue weighted by molar-refractivity contribution is 5.77. The first kappa shape index (κ1) is 15.1. The van der Waals surface area contributed by atoms with Gasteiger partial charge >= 0.3 is 12.0 Å². The maximum atomic E-state index is 12.4. The van der Waals surface area contributed by atoms with Crippen molar-refractivity contribution in [1.82, 2.24) is 10.2 Å². The molecule has 0 bridgehead atoms. The number of nitrogens with one attached hydrogen (secondary N) is 1. The fourth-order valence-corrected chi connectivity index (χ4v) is 3.63. The van der Waals surface area contributed by atoms with Crippen LogP contribution in [0.3, 0.4) is 0 Å². The number of aliphatic carboxylic acids is 1. The Labute approximate surface area is 120 Å². The van der Waals surface area contributed by atoms with E-state index < -0.39 is 11.5 Å².